The fourth-order valence-electron chi connectivity index (χ4n) is 4.22. The van der Waals surface area contributed by atoms with Gasteiger partial charge in [0.25, 0.3) is 5.91 Å². The predicted molar refractivity (Wildman–Crippen MR) is 107 cm³/mol. The fraction of sp³-hybridized carbons (Fsp3) is 0.600. The standard InChI is InChI=1S/C20H29N6O3/c1-5-6-7-25-18(27)16-17(22(4)20(25)28)21-19-24(14(2)15(3)26(16)19)9-8-23-10-12-29-13-11-23/h5-6,16H,7-13H2,1-4H3/q+1/b6-5+. The Hall–Kier alpha value is -2.52. The molecule has 4 rings (SSSR count). The summed E-state index contributed by atoms with van der Waals surface area (Å²) in [6, 6.07) is -0.913. The summed E-state index contributed by atoms with van der Waals surface area (Å²) in [5, 5.41) is 0. The van der Waals surface area contributed by atoms with Crippen LogP contribution in [0.1, 0.15) is 24.4 Å². The van der Waals surface area contributed by atoms with E-state index in [1.54, 1.807) is 7.05 Å². The predicted octanol–water partition coefficient (Wildman–Crippen LogP) is 0.779. The molecule has 3 amide bonds. The average Bonchev–Trinajstić information content (AvgIpc) is 3.22. The second-order valence-corrected chi connectivity index (χ2v) is 7.68. The van der Waals surface area contributed by atoms with Crippen LogP contribution in [0.2, 0.25) is 0 Å². The number of urea groups is 1. The molecule has 1 atom stereocenters. The Bertz CT molecular complexity index is 897. The highest BCUT2D eigenvalue weighted by Gasteiger charge is 2.53. The number of morpholine rings is 1. The van der Waals surface area contributed by atoms with E-state index in [9.17, 15) is 9.59 Å². The van der Waals surface area contributed by atoms with Gasteiger partial charge in [0.2, 0.25) is 11.9 Å². The van der Waals surface area contributed by atoms with Crippen molar-refractivity contribution in [3.63, 3.8) is 0 Å². The molecule has 0 radical (unpaired) electrons. The van der Waals surface area contributed by atoms with E-state index < -0.39 is 6.04 Å². The van der Waals surface area contributed by atoms with E-state index in [-0.39, 0.29) is 18.5 Å². The summed E-state index contributed by atoms with van der Waals surface area (Å²) in [6.45, 7) is 11.3. The van der Waals surface area contributed by atoms with Crippen LogP contribution < -0.4 is 4.57 Å². The normalized spacial score (nSPS) is 22.5. The first-order chi connectivity index (χ1) is 14.0. The maximum atomic E-state index is 13.2. The zero-order valence-corrected chi connectivity index (χ0v) is 17.6. The number of aromatic nitrogens is 2. The van der Waals surface area contributed by atoms with E-state index in [1.165, 1.54) is 9.80 Å². The van der Waals surface area contributed by atoms with Crippen LogP contribution in [0.15, 0.2) is 17.1 Å². The van der Waals surface area contributed by atoms with Crippen LogP contribution in [0.25, 0.3) is 0 Å². The number of hydrogen-bond donors (Lipinski definition) is 0. The van der Waals surface area contributed by atoms with Crippen molar-refractivity contribution in [2.24, 2.45) is 4.99 Å². The summed E-state index contributed by atoms with van der Waals surface area (Å²) in [5.41, 5.74) is 2.11. The number of likely N-dealkylation sites (N-methyl/N-ethyl adjacent to an activating group) is 1. The largest absolute Gasteiger partial charge is 0.402 e. The van der Waals surface area contributed by atoms with Crippen LogP contribution in [0.3, 0.4) is 0 Å². The van der Waals surface area contributed by atoms with Gasteiger partial charge in [0, 0.05) is 33.2 Å². The quantitative estimate of drug-likeness (QED) is 0.540. The van der Waals surface area contributed by atoms with Crippen molar-refractivity contribution < 1.29 is 18.9 Å². The maximum absolute atomic E-state index is 13.2. The lowest BCUT2D eigenvalue weighted by Gasteiger charge is -2.32. The molecule has 0 saturated carbocycles. The van der Waals surface area contributed by atoms with Gasteiger partial charge in [-0.15, -0.1) is 0 Å². The highest BCUT2D eigenvalue weighted by Crippen LogP contribution is 2.35. The molecule has 4 heterocycles. The topological polar surface area (TPSA) is 74.3 Å². The number of hydrogen-bond acceptors (Lipinski definition) is 5. The van der Waals surface area contributed by atoms with E-state index in [0.29, 0.717) is 5.84 Å². The molecule has 2 fully saturated rings. The average molecular weight is 401 g/mol. The molecule has 156 valence electrons. The molecule has 1 aromatic heterocycles. The number of allylic oxidation sites excluding steroid dienone is 1. The third-order valence-corrected chi connectivity index (χ3v) is 6.09. The van der Waals surface area contributed by atoms with Crippen molar-refractivity contribution in [2.75, 3.05) is 46.4 Å². The smallest absolute Gasteiger partial charge is 0.379 e. The van der Waals surface area contributed by atoms with Crippen LogP contribution >= 0.6 is 0 Å². The number of ether oxygens (including phenoxy) is 1. The summed E-state index contributed by atoms with van der Waals surface area (Å²) >= 11 is 0. The summed E-state index contributed by atoms with van der Waals surface area (Å²) in [4.78, 5) is 35.9. The van der Waals surface area contributed by atoms with Crippen LogP contribution in [0, 0.1) is 13.8 Å². The number of nitrogens with zero attached hydrogens (tertiary/aromatic N) is 6. The van der Waals surface area contributed by atoms with Crippen LogP contribution in [-0.2, 0) is 16.1 Å². The van der Waals surface area contributed by atoms with E-state index in [0.717, 1.165) is 56.7 Å². The Morgan fingerprint density at radius 2 is 1.97 bits per heavy atom. The number of rotatable bonds is 5. The van der Waals surface area contributed by atoms with Gasteiger partial charge in [-0.2, -0.15) is 0 Å². The van der Waals surface area contributed by atoms with Crippen LogP contribution in [0.4, 0.5) is 10.7 Å². The van der Waals surface area contributed by atoms with Gasteiger partial charge in [-0.05, 0) is 20.8 Å². The Balaban J connectivity index is 1.66. The fourth-order valence-corrected chi connectivity index (χ4v) is 4.22. The van der Waals surface area contributed by atoms with Gasteiger partial charge in [-0.25, -0.2) is 13.9 Å². The Morgan fingerprint density at radius 1 is 1.24 bits per heavy atom. The molecule has 3 aliphatic rings. The minimum absolute atomic E-state index is 0.220. The van der Waals surface area contributed by atoms with Crippen molar-refractivity contribution in [3.8, 4) is 0 Å². The van der Waals surface area contributed by atoms with Gasteiger partial charge in [0.1, 0.15) is 11.4 Å². The number of imidazole rings is 1. The van der Waals surface area contributed by atoms with Crippen molar-refractivity contribution in [1.29, 1.82) is 0 Å². The monoisotopic (exact) mass is 401 g/mol. The first-order valence-electron chi connectivity index (χ1n) is 10.2. The molecule has 0 aliphatic carbocycles. The first-order valence-corrected chi connectivity index (χ1v) is 10.2. The minimum atomic E-state index is -0.582. The molecule has 1 aromatic rings. The zero-order valence-electron chi connectivity index (χ0n) is 17.6. The van der Waals surface area contributed by atoms with Crippen LogP contribution in [0.5, 0.6) is 0 Å². The molecular weight excluding hydrogens is 372 g/mol. The van der Waals surface area contributed by atoms with Crippen molar-refractivity contribution >= 4 is 23.7 Å². The second kappa shape index (κ2) is 7.72. The Morgan fingerprint density at radius 3 is 2.66 bits per heavy atom. The molecule has 29 heavy (non-hydrogen) atoms. The van der Waals surface area contributed by atoms with Crippen molar-refractivity contribution in [1.82, 2.24) is 19.3 Å². The number of aliphatic imine (C=N–C) groups is 1. The SMILES string of the molecule is C/C=C/CN1C(=O)C2C(=Nc3n2c(C)c(C)[n+]3CCN2CCOCC2)N(C)C1=O. The number of carbonyl (C=O) groups excluding carboxylic acids is 2. The van der Waals surface area contributed by atoms with Gasteiger partial charge < -0.3 is 4.74 Å². The summed E-state index contributed by atoms with van der Waals surface area (Å²) in [7, 11) is 1.69. The van der Waals surface area contributed by atoms with E-state index >= 15 is 0 Å². The molecule has 9 nitrogen and oxygen atoms in total. The van der Waals surface area contributed by atoms with Crippen molar-refractivity contribution in [3.05, 3.63) is 23.5 Å². The third-order valence-electron chi connectivity index (χ3n) is 6.09. The van der Waals surface area contributed by atoms with Crippen molar-refractivity contribution in [2.45, 2.75) is 33.4 Å². The molecule has 3 aliphatic heterocycles. The number of amides is 3. The lowest BCUT2D eigenvalue weighted by molar-refractivity contribution is -0.688. The Kier molecular flexibility index (Phi) is 5.26. The lowest BCUT2D eigenvalue weighted by Crippen LogP contribution is -2.57. The summed E-state index contributed by atoms with van der Waals surface area (Å²) < 4.78 is 9.58. The lowest BCUT2D eigenvalue weighted by atomic mass is 10.1. The molecule has 0 bridgehead atoms. The third kappa shape index (κ3) is 3.18. The second-order valence-electron chi connectivity index (χ2n) is 7.68. The van der Waals surface area contributed by atoms with E-state index in [2.05, 4.69) is 16.4 Å². The number of amidine groups is 1. The highest BCUT2D eigenvalue weighted by molar-refractivity contribution is 6.20. The first kappa shape index (κ1) is 19.8. The zero-order chi connectivity index (χ0) is 20.7. The molecule has 2 saturated heterocycles. The molecule has 9 heteroatoms. The number of carbonyl (C=O) groups is 2. The molecule has 0 spiro atoms. The van der Waals surface area contributed by atoms with Gasteiger partial charge >= 0.3 is 12.0 Å². The summed E-state index contributed by atoms with van der Waals surface area (Å²) in [5.74, 6) is 1.03. The van der Waals surface area contributed by atoms with Gasteiger partial charge in [-0.1, -0.05) is 17.1 Å². The minimum Gasteiger partial charge on any atom is -0.379 e. The number of imide groups is 1. The van der Waals surface area contributed by atoms with Gasteiger partial charge in [0.05, 0.1) is 19.8 Å². The molecular formula is C20H29N6O3+. The maximum Gasteiger partial charge on any atom is 0.402 e. The van der Waals surface area contributed by atoms with Crippen LogP contribution in [-0.4, -0.2) is 83.5 Å². The molecule has 1 unspecified atom stereocenters. The van der Waals surface area contributed by atoms with E-state index in [4.69, 9.17) is 9.73 Å². The Labute approximate surface area is 170 Å². The molecule has 0 N–H and O–H groups in total. The van der Waals surface area contributed by atoms with Gasteiger partial charge in [0.15, 0.2) is 0 Å². The van der Waals surface area contributed by atoms with Gasteiger partial charge in [-0.3, -0.25) is 19.5 Å². The molecule has 0 aromatic carbocycles. The van der Waals surface area contributed by atoms with E-state index in [1.807, 2.05) is 30.6 Å². The number of fused-ring (bicyclic) bond motifs is 3. The summed E-state index contributed by atoms with van der Waals surface area (Å²) in [6.07, 6.45) is 3.66. The highest BCUT2D eigenvalue weighted by atomic mass is 16.5.